The van der Waals surface area contributed by atoms with Crippen molar-refractivity contribution in [1.82, 2.24) is 4.90 Å². The number of amides is 1. The number of benzene rings is 1. The van der Waals surface area contributed by atoms with Crippen LogP contribution in [-0.4, -0.2) is 40.1 Å². The van der Waals surface area contributed by atoms with Crippen LogP contribution in [0.15, 0.2) is 30.3 Å². The van der Waals surface area contributed by atoms with Crippen LogP contribution in [0.5, 0.6) is 0 Å². The molecule has 1 amide bonds. The van der Waals surface area contributed by atoms with Gasteiger partial charge in [0.15, 0.2) is 12.1 Å². The molecule has 1 aromatic rings. The van der Waals surface area contributed by atoms with Crippen LogP contribution in [0, 0.1) is 0 Å². The number of rotatable bonds is 5. The molecule has 19 heavy (non-hydrogen) atoms. The molecule has 1 aliphatic rings. The fraction of sp³-hybridized carbons (Fsp3) is 0.429. The molecular formula is C14H17NO4. The van der Waals surface area contributed by atoms with Crippen LogP contribution in [0.3, 0.4) is 0 Å². The molecule has 0 aromatic heterocycles. The van der Waals surface area contributed by atoms with E-state index in [4.69, 9.17) is 4.74 Å². The predicted octanol–water partition coefficient (Wildman–Crippen LogP) is 1.28. The maximum Gasteiger partial charge on any atom is 0.329 e. The molecule has 0 unspecified atom stereocenters. The average Bonchev–Trinajstić information content (AvgIpc) is 2.37. The third-order valence-electron chi connectivity index (χ3n) is 3.02. The molecule has 1 fully saturated rings. The first-order valence-electron chi connectivity index (χ1n) is 6.23. The number of β-lactam (4-membered cyclic amide) rings is 1. The molecule has 1 saturated heterocycles. The van der Waals surface area contributed by atoms with E-state index in [-0.39, 0.29) is 12.0 Å². The quantitative estimate of drug-likeness (QED) is 0.812. The molecule has 1 aromatic carbocycles. The molecule has 5 nitrogen and oxygen atoms in total. The summed E-state index contributed by atoms with van der Waals surface area (Å²) in [6.45, 7) is 3.87. The minimum Gasteiger partial charge on any atom is -0.480 e. The molecule has 1 N–H and O–H groups in total. The standard InChI is InChI=1S/C14H17NO4/c1-9(2)19-12-11(14(17)18)15(13(12)16)8-10-6-4-3-5-7-10/h3-7,9,11-12H,8H2,1-2H3,(H,17,18)/t11-,12-/m0/s1. The van der Waals surface area contributed by atoms with Gasteiger partial charge >= 0.3 is 5.97 Å². The van der Waals surface area contributed by atoms with Gasteiger partial charge < -0.3 is 14.7 Å². The lowest BCUT2D eigenvalue weighted by Crippen LogP contribution is -2.68. The summed E-state index contributed by atoms with van der Waals surface area (Å²) in [5, 5.41) is 9.21. The average molecular weight is 263 g/mol. The highest BCUT2D eigenvalue weighted by Gasteiger charge is 2.52. The number of carboxylic acid groups (broad SMARTS) is 1. The topological polar surface area (TPSA) is 66.8 Å². The Morgan fingerprint density at radius 2 is 2.00 bits per heavy atom. The summed E-state index contributed by atoms with van der Waals surface area (Å²) in [4.78, 5) is 24.5. The van der Waals surface area contributed by atoms with Crippen LogP contribution < -0.4 is 0 Å². The lowest BCUT2D eigenvalue weighted by Gasteiger charge is -2.44. The number of hydrogen-bond donors (Lipinski definition) is 1. The second kappa shape index (κ2) is 5.40. The smallest absolute Gasteiger partial charge is 0.329 e. The highest BCUT2D eigenvalue weighted by atomic mass is 16.5. The van der Waals surface area contributed by atoms with Gasteiger partial charge in [0.1, 0.15) is 0 Å². The molecule has 0 aliphatic carbocycles. The Bertz CT molecular complexity index is 472. The number of carboxylic acids is 1. The second-order valence-corrected chi connectivity index (χ2v) is 4.84. The van der Waals surface area contributed by atoms with Gasteiger partial charge in [-0.15, -0.1) is 0 Å². The number of likely N-dealkylation sites (tertiary alicyclic amines) is 1. The van der Waals surface area contributed by atoms with E-state index in [2.05, 4.69) is 0 Å². The number of hydrogen-bond acceptors (Lipinski definition) is 3. The van der Waals surface area contributed by atoms with Crippen LogP contribution >= 0.6 is 0 Å². The Labute approximate surface area is 111 Å². The van der Waals surface area contributed by atoms with Gasteiger partial charge in [0, 0.05) is 6.54 Å². The van der Waals surface area contributed by atoms with E-state index in [0.29, 0.717) is 6.54 Å². The van der Waals surface area contributed by atoms with Gasteiger partial charge in [-0.3, -0.25) is 4.79 Å². The lowest BCUT2D eigenvalue weighted by atomic mass is 9.96. The molecule has 2 atom stereocenters. The van der Waals surface area contributed by atoms with Crippen molar-refractivity contribution in [3.63, 3.8) is 0 Å². The highest BCUT2D eigenvalue weighted by Crippen LogP contribution is 2.26. The first-order chi connectivity index (χ1) is 9.00. The molecule has 1 heterocycles. The maximum absolute atomic E-state index is 12.0. The fourth-order valence-electron chi connectivity index (χ4n) is 2.16. The first-order valence-corrected chi connectivity index (χ1v) is 6.23. The van der Waals surface area contributed by atoms with Gasteiger partial charge in [0.2, 0.25) is 0 Å². The van der Waals surface area contributed by atoms with E-state index in [1.807, 2.05) is 30.3 Å². The van der Waals surface area contributed by atoms with Crippen molar-refractivity contribution in [3.05, 3.63) is 35.9 Å². The van der Waals surface area contributed by atoms with Gasteiger partial charge in [-0.2, -0.15) is 0 Å². The van der Waals surface area contributed by atoms with Gasteiger partial charge in [0.25, 0.3) is 5.91 Å². The minimum absolute atomic E-state index is 0.172. The number of aliphatic carboxylic acids is 1. The number of nitrogens with zero attached hydrogens (tertiary/aromatic N) is 1. The van der Waals surface area contributed by atoms with Crippen LogP contribution in [0.4, 0.5) is 0 Å². The summed E-state index contributed by atoms with van der Waals surface area (Å²) in [6, 6.07) is 8.43. The molecule has 2 rings (SSSR count). The Morgan fingerprint density at radius 3 is 2.53 bits per heavy atom. The summed E-state index contributed by atoms with van der Waals surface area (Å²) < 4.78 is 5.37. The Morgan fingerprint density at radius 1 is 1.37 bits per heavy atom. The van der Waals surface area contributed by atoms with Gasteiger partial charge in [-0.05, 0) is 19.4 Å². The monoisotopic (exact) mass is 263 g/mol. The minimum atomic E-state index is -1.03. The fourth-order valence-corrected chi connectivity index (χ4v) is 2.16. The zero-order valence-electron chi connectivity index (χ0n) is 10.9. The number of carbonyl (C=O) groups is 2. The molecule has 0 saturated carbocycles. The zero-order valence-corrected chi connectivity index (χ0v) is 10.9. The van der Waals surface area contributed by atoms with E-state index >= 15 is 0 Å². The lowest BCUT2D eigenvalue weighted by molar-refractivity contribution is -0.190. The predicted molar refractivity (Wildman–Crippen MR) is 68.4 cm³/mol. The van der Waals surface area contributed by atoms with Crippen LogP contribution in [0.1, 0.15) is 19.4 Å². The summed E-state index contributed by atoms with van der Waals surface area (Å²) >= 11 is 0. The van der Waals surface area contributed by atoms with Gasteiger partial charge in [-0.25, -0.2) is 4.79 Å². The van der Waals surface area contributed by atoms with Crippen molar-refractivity contribution in [3.8, 4) is 0 Å². The molecule has 0 spiro atoms. The van der Waals surface area contributed by atoms with Gasteiger partial charge in [-0.1, -0.05) is 30.3 Å². The first kappa shape index (κ1) is 13.5. The summed E-state index contributed by atoms with van der Waals surface area (Å²) in [7, 11) is 0. The zero-order chi connectivity index (χ0) is 14.0. The Balaban J connectivity index is 2.09. The van der Waals surface area contributed by atoms with E-state index in [1.165, 1.54) is 4.90 Å². The van der Waals surface area contributed by atoms with Crippen molar-refractivity contribution >= 4 is 11.9 Å². The molecular weight excluding hydrogens is 246 g/mol. The number of ether oxygens (including phenoxy) is 1. The molecule has 1 aliphatic heterocycles. The van der Waals surface area contributed by atoms with Crippen LogP contribution in [0.2, 0.25) is 0 Å². The number of carbonyl (C=O) groups excluding carboxylic acids is 1. The van der Waals surface area contributed by atoms with Crippen molar-refractivity contribution in [1.29, 1.82) is 0 Å². The second-order valence-electron chi connectivity index (χ2n) is 4.84. The van der Waals surface area contributed by atoms with Crippen LogP contribution in [0.25, 0.3) is 0 Å². The maximum atomic E-state index is 12.0. The molecule has 0 radical (unpaired) electrons. The van der Waals surface area contributed by atoms with Crippen molar-refractivity contribution in [2.75, 3.05) is 0 Å². The third kappa shape index (κ3) is 2.76. The Kier molecular flexibility index (Phi) is 3.85. The van der Waals surface area contributed by atoms with E-state index in [9.17, 15) is 14.7 Å². The SMILES string of the molecule is CC(C)O[C@@H]1C(=O)N(Cc2ccccc2)[C@@H]1C(=O)O. The molecule has 0 bridgehead atoms. The van der Waals surface area contributed by atoms with E-state index in [1.54, 1.807) is 13.8 Å². The van der Waals surface area contributed by atoms with E-state index in [0.717, 1.165) is 5.56 Å². The van der Waals surface area contributed by atoms with E-state index < -0.39 is 18.1 Å². The summed E-state index contributed by atoms with van der Waals surface area (Å²) in [6.07, 6.45) is -1.03. The Hall–Kier alpha value is -1.88. The van der Waals surface area contributed by atoms with Gasteiger partial charge in [0.05, 0.1) is 6.10 Å². The van der Waals surface area contributed by atoms with Crippen molar-refractivity contribution < 1.29 is 19.4 Å². The largest absolute Gasteiger partial charge is 0.480 e. The molecule has 102 valence electrons. The highest BCUT2D eigenvalue weighted by molar-refractivity contribution is 5.98. The summed E-state index contributed by atoms with van der Waals surface area (Å²) in [5.41, 5.74) is 0.907. The normalized spacial score (nSPS) is 22.5. The van der Waals surface area contributed by atoms with Crippen molar-refractivity contribution in [2.24, 2.45) is 0 Å². The third-order valence-corrected chi connectivity index (χ3v) is 3.02. The summed E-state index contributed by atoms with van der Waals surface area (Å²) in [5.74, 6) is -1.29. The van der Waals surface area contributed by atoms with Crippen LogP contribution in [-0.2, 0) is 20.9 Å². The van der Waals surface area contributed by atoms with Crippen molar-refractivity contribution in [2.45, 2.75) is 38.6 Å². The molecule has 5 heteroatoms.